The summed E-state index contributed by atoms with van der Waals surface area (Å²) in [6.07, 6.45) is 9.85. The zero-order chi connectivity index (χ0) is 8.86. The van der Waals surface area contributed by atoms with Crippen LogP contribution in [0.15, 0.2) is 12.2 Å². The van der Waals surface area contributed by atoms with Crippen LogP contribution in [0.2, 0.25) is 0 Å². The molecule has 0 unspecified atom stereocenters. The molecule has 1 fully saturated rings. The second kappa shape index (κ2) is 4.41. The maximum Gasteiger partial charge on any atom is 0.142 e. The smallest absolute Gasteiger partial charge is 0.142 e. The molecule has 1 aliphatic rings. The van der Waals surface area contributed by atoms with Gasteiger partial charge >= 0.3 is 0 Å². The van der Waals surface area contributed by atoms with Gasteiger partial charge in [-0.05, 0) is 25.3 Å². The number of allylic oxidation sites excluding steroid dienone is 1. The second-order valence-electron chi connectivity index (χ2n) is 3.55. The highest BCUT2D eigenvalue weighted by Gasteiger charge is 2.27. The lowest BCUT2D eigenvalue weighted by atomic mass is 9.82. The van der Waals surface area contributed by atoms with E-state index >= 15 is 0 Å². The molecule has 2 heteroatoms. The molecule has 0 atom stereocenters. The largest absolute Gasteiger partial charge is 0.390 e. The van der Waals surface area contributed by atoms with E-state index in [0.717, 1.165) is 32.0 Å². The summed E-state index contributed by atoms with van der Waals surface area (Å²) in [6.45, 7) is 0. The van der Waals surface area contributed by atoms with E-state index in [4.69, 9.17) is 0 Å². The monoisotopic (exact) mass is 168 g/mol. The Kier molecular flexibility index (Phi) is 3.48. The number of hydrogen-bond acceptors (Lipinski definition) is 2. The number of carbonyl (C=O) groups excluding carboxylic acids is 1. The molecule has 12 heavy (non-hydrogen) atoms. The van der Waals surface area contributed by atoms with Crippen LogP contribution in [0.1, 0.15) is 38.5 Å². The van der Waals surface area contributed by atoms with Crippen LogP contribution in [0.5, 0.6) is 0 Å². The molecule has 0 bridgehead atoms. The average Bonchev–Trinajstić information content (AvgIpc) is 2.06. The maximum absolute atomic E-state index is 9.98. The van der Waals surface area contributed by atoms with Crippen molar-refractivity contribution in [3.05, 3.63) is 12.2 Å². The second-order valence-corrected chi connectivity index (χ2v) is 3.55. The van der Waals surface area contributed by atoms with Gasteiger partial charge in [-0.2, -0.15) is 0 Å². The Hall–Kier alpha value is -0.630. The van der Waals surface area contributed by atoms with Gasteiger partial charge in [-0.15, -0.1) is 0 Å². The van der Waals surface area contributed by atoms with Crippen molar-refractivity contribution in [2.75, 3.05) is 0 Å². The van der Waals surface area contributed by atoms with Gasteiger partial charge in [0.15, 0.2) is 0 Å². The number of aldehydes is 1. The van der Waals surface area contributed by atoms with Crippen molar-refractivity contribution in [3.8, 4) is 0 Å². The molecular formula is C10H16O2. The van der Waals surface area contributed by atoms with Gasteiger partial charge in [-0.1, -0.05) is 25.3 Å². The fourth-order valence-corrected chi connectivity index (χ4v) is 1.76. The minimum absolute atomic E-state index is 0.516. The molecule has 0 spiro atoms. The van der Waals surface area contributed by atoms with Gasteiger partial charge in [0.2, 0.25) is 0 Å². The topological polar surface area (TPSA) is 37.3 Å². The summed E-state index contributed by atoms with van der Waals surface area (Å²) in [4.78, 5) is 9.98. The first-order valence-corrected chi connectivity index (χ1v) is 4.59. The van der Waals surface area contributed by atoms with E-state index in [0.29, 0.717) is 6.42 Å². The number of aliphatic hydroxyl groups is 1. The summed E-state index contributed by atoms with van der Waals surface area (Å²) < 4.78 is 0. The standard InChI is InChI=1S/C10H16O2/c11-9-5-4-8-10(12)6-2-1-3-7-10/h4-5,9,12H,1-3,6-8H2/b5-4+. The highest BCUT2D eigenvalue weighted by molar-refractivity contribution is 5.64. The highest BCUT2D eigenvalue weighted by atomic mass is 16.3. The molecule has 1 aliphatic carbocycles. The lowest BCUT2D eigenvalue weighted by Crippen LogP contribution is -2.30. The SMILES string of the molecule is O=C/C=C/CC1(O)CCCCC1. The summed E-state index contributed by atoms with van der Waals surface area (Å²) in [6, 6.07) is 0. The third kappa shape index (κ3) is 2.78. The molecule has 1 rings (SSSR count). The zero-order valence-corrected chi connectivity index (χ0v) is 7.33. The van der Waals surface area contributed by atoms with Gasteiger partial charge in [0.1, 0.15) is 6.29 Å². The van der Waals surface area contributed by atoms with Crippen molar-refractivity contribution >= 4 is 6.29 Å². The van der Waals surface area contributed by atoms with Crippen LogP contribution in [-0.2, 0) is 4.79 Å². The minimum Gasteiger partial charge on any atom is -0.390 e. The molecular weight excluding hydrogens is 152 g/mol. The Morgan fingerprint density at radius 2 is 1.92 bits per heavy atom. The van der Waals surface area contributed by atoms with Gasteiger partial charge < -0.3 is 5.11 Å². The fourth-order valence-electron chi connectivity index (χ4n) is 1.76. The van der Waals surface area contributed by atoms with Crippen LogP contribution in [0.3, 0.4) is 0 Å². The van der Waals surface area contributed by atoms with E-state index in [1.54, 1.807) is 6.08 Å². The van der Waals surface area contributed by atoms with Crippen LogP contribution in [0, 0.1) is 0 Å². The first kappa shape index (κ1) is 9.46. The first-order chi connectivity index (χ1) is 5.77. The molecule has 0 aromatic heterocycles. The molecule has 2 nitrogen and oxygen atoms in total. The molecule has 0 aromatic carbocycles. The molecule has 0 aromatic rings. The van der Waals surface area contributed by atoms with Gasteiger partial charge in [0.25, 0.3) is 0 Å². The molecule has 1 N–H and O–H groups in total. The van der Waals surface area contributed by atoms with E-state index < -0.39 is 5.60 Å². The fraction of sp³-hybridized carbons (Fsp3) is 0.700. The molecule has 0 amide bonds. The Balaban J connectivity index is 2.36. The van der Waals surface area contributed by atoms with Crippen LogP contribution in [0.4, 0.5) is 0 Å². The highest BCUT2D eigenvalue weighted by Crippen LogP contribution is 2.30. The van der Waals surface area contributed by atoms with Crippen LogP contribution in [-0.4, -0.2) is 17.0 Å². The van der Waals surface area contributed by atoms with Crippen LogP contribution >= 0.6 is 0 Å². The van der Waals surface area contributed by atoms with Gasteiger partial charge in [0, 0.05) is 0 Å². The van der Waals surface area contributed by atoms with Crippen molar-refractivity contribution in [2.24, 2.45) is 0 Å². The molecule has 0 saturated heterocycles. The Morgan fingerprint density at radius 3 is 2.50 bits per heavy atom. The third-order valence-electron chi connectivity index (χ3n) is 2.50. The van der Waals surface area contributed by atoms with Crippen molar-refractivity contribution < 1.29 is 9.90 Å². The van der Waals surface area contributed by atoms with Crippen LogP contribution in [0.25, 0.3) is 0 Å². The van der Waals surface area contributed by atoms with Gasteiger partial charge in [-0.3, -0.25) is 4.79 Å². The zero-order valence-electron chi connectivity index (χ0n) is 7.33. The van der Waals surface area contributed by atoms with Crippen molar-refractivity contribution in [1.29, 1.82) is 0 Å². The summed E-state index contributed by atoms with van der Waals surface area (Å²) in [7, 11) is 0. The number of carbonyl (C=O) groups is 1. The van der Waals surface area contributed by atoms with Gasteiger partial charge in [0.05, 0.1) is 5.60 Å². The minimum atomic E-state index is -0.516. The van der Waals surface area contributed by atoms with E-state index in [2.05, 4.69) is 0 Å². The third-order valence-corrected chi connectivity index (χ3v) is 2.50. The van der Waals surface area contributed by atoms with E-state index in [1.807, 2.05) is 0 Å². The average molecular weight is 168 g/mol. The summed E-state index contributed by atoms with van der Waals surface area (Å²) in [5.41, 5.74) is -0.516. The molecule has 68 valence electrons. The maximum atomic E-state index is 9.98. The van der Waals surface area contributed by atoms with E-state index in [-0.39, 0.29) is 0 Å². The quantitative estimate of drug-likeness (QED) is 0.515. The predicted molar refractivity (Wildman–Crippen MR) is 47.9 cm³/mol. The van der Waals surface area contributed by atoms with Crippen LogP contribution < -0.4 is 0 Å². The van der Waals surface area contributed by atoms with E-state index in [1.165, 1.54) is 12.5 Å². The van der Waals surface area contributed by atoms with Crippen molar-refractivity contribution in [3.63, 3.8) is 0 Å². The number of rotatable bonds is 3. The molecule has 1 saturated carbocycles. The lowest BCUT2D eigenvalue weighted by molar-refractivity contribution is -0.104. The Morgan fingerprint density at radius 1 is 1.25 bits per heavy atom. The van der Waals surface area contributed by atoms with E-state index in [9.17, 15) is 9.90 Å². The normalized spacial score (nSPS) is 22.8. The first-order valence-electron chi connectivity index (χ1n) is 4.59. The summed E-state index contributed by atoms with van der Waals surface area (Å²) in [5.74, 6) is 0. The van der Waals surface area contributed by atoms with Crippen molar-refractivity contribution in [2.45, 2.75) is 44.1 Å². The Bertz CT molecular complexity index is 167. The van der Waals surface area contributed by atoms with Gasteiger partial charge in [-0.25, -0.2) is 0 Å². The predicted octanol–water partition coefficient (Wildman–Crippen LogP) is 1.83. The summed E-state index contributed by atoms with van der Waals surface area (Å²) >= 11 is 0. The lowest BCUT2D eigenvalue weighted by Gasteiger charge is -2.30. The number of hydrogen-bond donors (Lipinski definition) is 1. The molecule has 0 radical (unpaired) electrons. The Labute approximate surface area is 73.3 Å². The molecule has 0 heterocycles. The van der Waals surface area contributed by atoms with Crippen molar-refractivity contribution in [1.82, 2.24) is 0 Å². The summed E-state index contributed by atoms with van der Waals surface area (Å²) in [5, 5.41) is 9.93. The molecule has 0 aliphatic heterocycles.